The zero-order chi connectivity index (χ0) is 12.5. The summed E-state index contributed by atoms with van der Waals surface area (Å²) in [6.45, 7) is 0.674. The molecule has 0 atom stereocenters. The summed E-state index contributed by atoms with van der Waals surface area (Å²) < 4.78 is 0. The van der Waals surface area contributed by atoms with Gasteiger partial charge in [-0.1, -0.05) is 39.7 Å². The first-order valence-corrected chi connectivity index (χ1v) is 7.29. The predicted molar refractivity (Wildman–Crippen MR) is 75.8 cm³/mol. The van der Waals surface area contributed by atoms with Crippen molar-refractivity contribution in [3.63, 3.8) is 0 Å². The molecule has 1 rings (SSSR count). The largest absolute Gasteiger partial charge is 0.356 e. The summed E-state index contributed by atoms with van der Waals surface area (Å²) in [6.07, 6.45) is 3.42. The van der Waals surface area contributed by atoms with Gasteiger partial charge >= 0.3 is 0 Å². The van der Waals surface area contributed by atoms with E-state index in [1.165, 1.54) is 0 Å². The van der Waals surface area contributed by atoms with Crippen LogP contribution in [0.5, 0.6) is 0 Å². The van der Waals surface area contributed by atoms with Crippen molar-refractivity contribution >= 4 is 33.4 Å². The van der Waals surface area contributed by atoms with Crippen LogP contribution in [0.15, 0.2) is 24.3 Å². The summed E-state index contributed by atoms with van der Waals surface area (Å²) in [4.78, 5) is 11.4. The quantitative estimate of drug-likeness (QED) is 0.604. The lowest BCUT2D eigenvalue weighted by atomic mass is 10.1. The van der Waals surface area contributed by atoms with E-state index in [0.29, 0.717) is 13.0 Å². The van der Waals surface area contributed by atoms with Crippen LogP contribution in [0.25, 0.3) is 0 Å². The molecule has 0 saturated carbocycles. The number of nitrogens with one attached hydrogen (secondary N) is 1. The third kappa shape index (κ3) is 6.69. The average Bonchev–Trinajstić information content (AvgIpc) is 2.29. The maximum absolute atomic E-state index is 11.4. The molecule has 1 aromatic rings. The van der Waals surface area contributed by atoms with Crippen molar-refractivity contribution in [2.24, 2.45) is 0 Å². The van der Waals surface area contributed by atoms with Gasteiger partial charge in [-0.2, -0.15) is 0 Å². The maximum atomic E-state index is 11.4. The molecule has 0 aromatic heterocycles. The highest BCUT2D eigenvalue weighted by Gasteiger charge is 2.00. The smallest absolute Gasteiger partial charge is 0.220 e. The van der Waals surface area contributed by atoms with Crippen molar-refractivity contribution in [3.8, 4) is 0 Å². The Bertz CT molecular complexity index is 357. The van der Waals surface area contributed by atoms with Crippen LogP contribution in [0.4, 0.5) is 0 Å². The number of hydrogen-bond donors (Lipinski definition) is 1. The zero-order valence-electron chi connectivity index (χ0n) is 9.72. The Hall–Kier alpha value is -0.540. The third-order valence-corrected chi connectivity index (χ3v) is 3.21. The van der Waals surface area contributed by atoms with Crippen LogP contribution in [0.3, 0.4) is 0 Å². The summed E-state index contributed by atoms with van der Waals surface area (Å²) >= 11 is 9.22. The van der Waals surface area contributed by atoms with Gasteiger partial charge < -0.3 is 5.32 Å². The van der Waals surface area contributed by atoms with Crippen LogP contribution in [0.2, 0.25) is 5.02 Å². The molecule has 17 heavy (non-hydrogen) atoms. The second-order valence-corrected chi connectivity index (χ2v) is 5.11. The summed E-state index contributed by atoms with van der Waals surface area (Å²) in [7, 11) is 0. The minimum Gasteiger partial charge on any atom is -0.356 e. The Morgan fingerprint density at radius 2 is 2.18 bits per heavy atom. The first-order valence-electron chi connectivity index (χ1n) is 5.79. The van der Waals surface area contributed by atoms with Gasteiger partial charge in [0.2, 0.25) is 5.91 Å². The molecule has 0 radical (unpaired) electrons. The standard InChI is InChI=1S/C13H17BrClNO/c14-8-2-1-6-13(17)16-9-7-11-4-3-5-12(15)10-11/h3-5,10H,1-2,6-9H2,(H,16,17). The number of benzene rings is 1. The molecule has 2 nitrogen and oxygen atoms in total. The van der Waals surface area contributed by atoms with Gasteiger partial charge in [-0.05, 0) is 37.0 Å². The molecule has 0 aliphatic heterocycles. The maximum Gasteiger partial charge on any atom is 0.220 e. The lowest BCUT2D eigenvalue weighted by Gasteiger charge is -2.05. The number of unbranched alkanes of at least 4 members (excludes halogenated alkanes) is 1. The molecule has 4 heteroatoms. The molecular formula is C13H17BrClNO. The number of alkyl halides is 1. The van der Waals surface area contributed by atoms with Crippen molar-refractivity contribution < 1.29 is 4.79 Å². The Balaban J connectivity index is 2.17. The summed E-state index contributed by atoms with van der Waals surface area (Å²) in [5.74, 6) is 0.132. The van der Waals surface area contributed by atoms with E-state index in [2.05, 4.69) is 21.2 Å². The van der Waals surface area contributed by atoms with Gasteiger partial charge in [-0.25, -0.2) is 0 Å². The van der Waals surface area contributed by atoms with Crippen LogP contribution in [-0.2, 0) is 11.2 Å². The van der Waals surface area contributed by atoms with Gasteiger partial charge in [0.1, 0.15) is 0 Å². The van der Waals surface area contributed by atoms with Crippen molar-refractivity contribution in [1.29, 1.82) is 0 Å². The normalized spacial score (nSPS) is 10.2. The minimum atomic E-state index is 0.132. The van der Waals surface area contributed by atoms with E-state index in [0.717, 1.165) is 35.2 Å². The molecule has 0 aliphatic carbocycles. The summed E-state index contributed by atoms with van der Waals surface area (Å²) in [6, 6.07) is 7.72. The van der Waals surface area contributed by atoms with Crippen LogP contribution in [-0.4, -0.2) is 17.8 Å². The topological polar surface area (TPSA) is 29.1 Å². The molecule has 0 aliphatic rings. The molecule has 0 heterocycles. The van der Waals surface area contributed by atoms with E-state index in [-0.39, 0.29) is 5.91 Å². The number of halogens is 2. The highest BCUT2D eigenvalue weighted by molar-refractivity contribution is 9.09. The van der Waals surface area contributed by atoms with Crippen LogP contribution in [0, 0.1) is 0 Å². The second kappa shape index (κ2) is 8.54. The van der Waals surface area contributed by atoms with E-state index < -0.39 is 0 Å². The van der Waals surface area contributed by atoms with E-state index in [1.54, 1.807) is 0 Å². The molecule has 0 bridgehead atoms. The number of rotatable bonds is 7. The first-order chi connectivity index (χ1) is 8.22. The Morgan fingerprint density at radius 3 is 2.88 bits per heavy atom. The molecule has 0 saturated heterocycles. The number of carbonyl (C=O) groups excluding carboxylic acids is 1. The molecule has 1 N–H and O–H groups in total. The molecule has 0 fully saturated rings. The average molecular weight is 319 g/mol. The first kappa shape index (κ1) is 14.5. The summed E-state index contributed by atoms with van der Waals surface area (Å²) in [5, 5.41) is 4.62. The minimum absolute atomic E-state index is 0.132. The van der Waals surface area contributed by atoms with E-state index in [4.69, 9.17) is 11.6 Å². The lowest BCUT2D eigenvalue weighted by Crippen LogP contribution is -2.25. The van der Waals surface area contributed by atoms with Crippen molar-refractivity contribution in [1.82, 2.24) is 5.32 Å². The lowest BCUT2D eigenvalue weighted by molar-refractivity contribution is -0.121. The fraction of sp³-hybridized carbons (Fsp3) is 0.462. The number of carbonyl (C=O) groups is 1. The Labute approximate surface area is 116 Å². The molecular weight excluding hydrogens is 302 g/mol. The van der Waals surface area contributed by atoms with Gasteiger partial charge in [-0.15, -0.1) is 0 Å². The fourth-order valence-corrected chi connectivity index (χ4v) is 2.12. The van der Waals surface area contributed by atoms with Crippen LogP contribution in [0.1, 0.15) is 24.8 Å². The predicted octanol–water partition coefficient (Wildman–Crippen LogP) is 3.56. The summed E-state index contributed by atoms with van der Waals surface area (Å²) in [5.41, 5.74) is 1.15. The van der Waals surface area contributed by atoms with Crippen molar-refractivity contribution in [2.45, 2.75) is 25.7 Å². The Morgan fingerprint density at radius 1 is 1.35 bits per heavy atom. The molecule has 94 valence electrons. The molecule has 1 aromatic carbocycles. The second-order valence-electron chi connectivity index (χ2n) is 3.88. The van der Waals surface area contributed by atoms with E-state index >= 15 is 0 Å². The zero-order valence-corrected chi connectivity index (χ0v) is 12.1. The highest BCUT2D eigenvalue weighted by Crippen LogP contribution is 2.10. The number of hydrogen-bond acceptors (Lipinski definition) is 1. The fourth-order valence-electron chi connectivity index (χ4n) is 1.51. The highest BCUT2D eigenvalue weighted by atomic mass is 79.9. The van der Waals surface area contributed by atoms with Gasteiger partial charge in [0.25, 0.3) is 0 Å². The third-order valence-electron chi connectivity index (χ3n) is 2.41. The van der Waals surface area contributed by atoms with Gasteiger partial charge in [0.05, 0.1) is 0 Å². The van der Waals surface area contributed by atoms with Gasteiger partial charge in [0.15, 0.2) is 0 Å². The Kier molecular flexibility index (Phi) is 7.29. The van der Waals surface area contributed by atoms with Crippen LogP contribution < -0.4 is 5.32 Å². The monoisotopic (exact) mass is 317 g/mol. The van der Waals surface area contributed by atoms with E-state index in [1.807, 2.05) is 24.3 Å². The van der Waals surface area contributed by atoms with Crippen molar-refractivity contribution in [3.05, 3.63) is 34.9 Å². The molecule has 1 amide bonds. The molecule has 0 spiro atoms. The van der Waals surface area contributed by atoms with Gasteiger partial charge in [0, 0.05) is 23.3 Å². The van der Waals surface area contributed by atoms with Crippen LogP contribution >= 0.6 is 27.5 Å². The SMILES string of the molecule is O=C(CCCCBr)NCCc1cccc(Cl)c1. The number of amides is 1. The molecule has 0 unspecified atom stereocenters. The van der Waals surface area contributed by atoms with Crippen molar-refractivity contribution in [2.75, 3.05) is 11.9 Å². The van der Waals surface area contributed by atoms with Gasteiger partial charge in [-0.3, -0.25) is 4.79 Å². The van der Waals surface area contributed by atoms with E-state index in [9.17, 15) is 4.79 Å².